The summed E-state index contributed by atoms with van der Waals surface area (Å²) in [7, 11) is 3.42. The maximum atomic E-state index is 5.58. The minimum atomic E-state index is 0.438. The van der Waals surface area contributed by atoms with E-state index < -0.39 is 0 Å². The summed E-state index contributed by atoms with van der Waals surface area (Å²) >= 11 is 1.83. The maximum Gasteiger partial charge on any atom is 0.127 e. The number of nitrogens with zero attached hydrogens (tertiary/aromatic N) is 1. The number of thiophene rings is 1. The van der Waals surface area contributed by atoms with E-state index in [0.717, 1.165) is 24.6 Å². The van der Waals surface area contributed by atoms with Crippen molar-refractivity contribution in [1.82, 2.24) is 4.90 Å². The summed E-state index contributed by atoms with van der Waals surface area (Å²) < 4.78 is 10.9. The van der Waals surface area contributed by atoms with E-state index in [9.17, 15) is 0 Å². The largest absolute Gasteiger partial charge is 0.497 e. The van der Waals surface area contributed by atoms with E-state index in [1.165, 1.54) is 23.3 Å². The van der Waals surface area contributed by atoms with Crippen LogP contribution >= 0.6 is 11.3 Å². The lowest BCUT2D eigenvalue weighted by atomic mass is 10.0. The zero-order valence-electron chi connectivity index (χ0n) is 12.5. The van der Waals surface area contributed by atoms with Crippen LogP contribution in [0.2, 0.25) is 0 Å². The van der Waals surface area contributed by atoms with E-state index >= 15 is 0 Å². The average molecular weight is 303 g/mol. The van der Waals surface area contributed by atoms with Crippen molar-refractivity contribution in [3.05, 3.63) is 46.2 Å². The standard InChI is InChI=1S/C17H21NO2S/c1-19-13-7-8-15(17(11-13)20-2)16-6-3-9-18(16)12-14-5-4-10-21-14/h4-5,7-8,10-11,16H,3,6,9,12H2,1-2H3. The molecular weight excluding hydrogens is 282 g/mol. The summed E-state index contributed by atoms with van der Waals surface area (Å²) in [5, 5.41) is 2.15. The second-order valence-corrected chi connectivity index (χ2v) is 6.35. The second kappa shape index (κ2) is 6.50. The quantitative estimate of drug-likeness (QED) is 0.830. The Morgan fingerprint density at radius 1 is 1.24 bits per heavy atom. The van der Waals surface area contributed by atoms with E-state index in [2.05, 4.69) is 28.5 Å². The minimum Gasteiger partial charge on any atom is -0.497 e. The third kappa shape index (κ3) is 3.06. The van der Waals surface area contributed by atoms with Gasteiger partial charge in [-0.05, 0) is 36.9 Å². The van der Waals surface area contributed by atoms with Gasteiger partial charge in [-0.3, -0.25) is 4.90 Å². The van der Waals surface area contributed by atoms with Crippen LogP contribution in [0.3, 0.4) is 0 Å². The minimum absolute atomic E-state index is 0.438. The Labute approximate surface area is 130 Å². The molecule has 0 N–H and O–H groups in total. The Kier molecular flexibility index (Phi) is 4.46. The Hall–Kier alpha value is -1.52. The second-order valence-electron chi connectivity index (χ2n) is 5.32. The molecule has 1 atom stereocenters. The highest BCUT2D eigenvalue weighted by atomic mass is 32.1. The molecular formula is C17H21NO2S. The van der Waals surface area contributed by atoms with Crippen LogP contribution < -0.4 is 9.47 Å². The van der Waals surface area contributed by atoms with Gasteiger partial charge in [-0.2, -0.15) is 0 Å². The molecule has 1 saturated heterocycles. The molecule has 21 heavy (non-hydrogen) atoms. The first kappa shape index (κ1) is 14.4. The van der Waals surface area contributed by atoms with Crippen LogP contribution in [0.4, 0.5) is 0 Å². The van der Waals surface area contributed by atoms with Crippen LogP contribution in [0.25, 0.3) is 0 Å². The van der Waals surface area contributed by atoms with Crippen LogP contribution in [0.5, 0.6) is 11.5 Å². The molecule has 1 aliphatic rings. The van der Waals surface area contributed by atoms with Crippen molar-refractivity contribution in [2.24, 2.45) is 0 Å². The molecule has 2 heterocycles. The van der Waals surface area contributed by atoms with Crippen LogP contribution in [-0.2, 0) is 6.54 Å². The fourth-order valence-electron chi connectivity index (χ4n) is 3.06. The van der Waals surface area contributed by atoms with Crippen molar-refractivity contribution in [2.75, 3.05) is 20.8 Å². The Morgan fingerprint density at radius 2 is 2.14 bits per heavy atom. The normalized spacial score (nSPS) is 18.9. The molecule has 1 fully saturated rings. The van der Waals surface area contributed by atoms with Gasteiger partial charge < -0.3 is 9.47 Å². The zero-order valence-corrected chi connectivity index (χ0v) is 13.4. The monoisotopic (exact) mass is 303 g/mol. The average Bonchev–Trinajstić information content (AvgIpc) is 3.19. The van der Waals surface area contributed by atoms with Gasteiger partial charge >= 0.3 is 0 Å². The van der Waals surface area contributed by atoms with Crippen LogP contribution in [0.1, 0.15) is 29.3 Å². The van der Waals surface area contributed by atoms with Gasteiger partial charge in [-0.15, -0.1) is 11.3 Å². The van der Waals surface area contributed by atoms with Gasteiger partial charge in [0.2, 0.25) is 0 Å². The summed E-state index contributed by atoms with van der Waals surface area (Å²) in [5.41, 5.74) is 1.27. The molecule has 0 radical (unpaired) electrons. The molecule has 0 spiro atoms. The van der Waals surface area contributed by atoms with Gasteiger partial charge in [0.15, 0.2) is 0 Å². The lowest BCUT2D eigenvalue weighted by Crippen LogP contribution is -2.22. The van der Waals surface area contributed by atoms with Gasteiger partial charge in [0, 0.05) is 29.1 Å². The molecule has 3 rings (SSSR count). The summed E-state index contributed by atoms with van der Waals surface area (Å²) in [6, 6.07) is 10.9. The van der Waals surface area contributed by atoms with E-state index in [1.807, 2.05) is 23.5 Å². The summed E-state index contributed by atoms with van der Waals surface area (Å²) in [6.07, 6.45) is 2.43. The van der Waals surface area contributed by atoms with E-state index in [0.29, 0.717) is 6.04 Å². The van der Waals surface area contributed by atoms with Gasteiger partial charge in [-0.25, -0.2) is 0 Å². The predicted octanol–water partition coefficient (Wildman–Crippen LogP) is 4.10. The predicted molar refractivity (Wildman–Crippen MR) is 86.3 cm³/mol. The Bertz CT molecular complexity index is 582. The molecule has 2 aromatic rings. The molecule has 0 bridgehead atoms. The number of hydrogen-bond acceptors (Lipinski definition) is 4. The molecule has 0 saturated carbocycles. The molecule has 3 nitrogen and oxygen atoms in total. The number of rotatable bonds is 5. The smallest absolute Gasteiger partial charge is 0.127 e. The summed E-state index contributed by atoms with van der Waals surface area (Å²) in [5.74, 6) is 1.77. The first-order valence-corrected chi connectivity index (χ1v) is 8.18. The highest BCUT2D eigenvalue weighted by molar-refractivity contribution is 7.09. The number of methoxy groups -OCH3 is 2. The first-order chi connectivity index (χ1) is 10.3. The van der Waals surface area contributed by atoms with Crippen molar-refractivity contribution < 1.29 is 9.47 Å². The van der Waals surface area contributed by atoms with Crippen LogP contribution in [0.15, 0.2) is 35.7 Å². The first-order valence-electron chi connectivity index (χ1n) is 7.30. The summed E-state index contributed by atoms with van der Waals surface area (Å²) in [4.78, 5) is 3.98. The van der Waals surface area contributed by atoms with Crippen molar-refractivity contribution >= 4 is 11.3 Å². The van der Waals surface area contributed by atoms with Gasteiger partial charge in [0.05, 0.1) is 14.2 Å². The lowest BCUT2D eigenvalue weighted by Gasteiger charge is -2.26. The molecule has 1 aromatic heterocycles. The van der Waals surface area contributed by atoms with Crippen molar-refractivity contribution in [3.8, 4) is 11.5 Å². The number of ether oxygens (including phenoxy) is 2. The SMILES string of the molecule is COc1ccc(C2CCCN2Cc2cccs2)c(OC)c1. The molecule has 1 unspecified atom stereocenters. The lowest BCUT2D eigenvalue weighted by molar-refractivity contribution is 0.245. The number of hydrogen-bond donors (Lipinski definition) is 0. The molecule has 0 aliphatic carbocycles. The molecule has 1 aliphatic heterocycles. The third-order valence-corrected chi connectivity index (χ3v) is 4.96. The molecule has 4 heteroatoms. The zero-order chi connectivity index (χ0) is 14.7. The number of benzene rings is 1. The van der Waals surface area contributed by atoms with Gasteiger partial charge in [0.1, 0.15) is 11.5 Å². The van der Waals surface area contributed by atoms with E-state index in [1.54, 1.807) is 14.2 Å². The summed E-state index contributed by atoms with van der Waals surface area (Å²) in [6.45, 7) is 2.18. The van der Waals surface area contributed by atoms with Crippen molar-refractivity contribution in [1.29, 1.82) is 0 Å². The molecule has 112 valence electrons. The fourth-order valence-corrected chi connectivity index (χ4v) is 3.79. The van der Waals surface area contributed by atoms with Crippen LogP contribution in [-0.4, -0.2) is 25.7 Å². The van der Waals surface area contributed by atoms with E-state index in [-0.39, 0.29) is 0 Å². The van der Waals surface area contributed by atoms with Gasteiger partial charge in [0.25, 0.3) is 0 Å². The van der Waals surface area contributed by atoms with Crippen molar-refractivity contribution in [2.45, 2.75) is 25.4 Å². The molecule has 1 aromatic carbocycles. The Morgan fingerprint density at radius 3 is 2.86 bits per heavy atom. The third-order valence-electron chi connectivity index (χ3n) is 4.10. The Balaban J connectivity index is 1.84. The van der Waals surface area contributed by atoms with Gasteiger partial charge in [-0.1, -0.05) is 12.1 Å². The van der Waals surface area contributed by atoms with Crippen molar-refractivity contribution in [3.63, 3.8) is 0 Å². The highest BCUT2D eigenvalue weighted by Crippen LogP contribution is 2.39. The molecule has 0 amide bonds. The highest BCUT2D eigenvalue weighted by Gasteiger charge is 2.28. The van der Waals surface area contributed by atoms with Crippen LogP contribution in [0, 0.1) is 0 Å². The maximum absolute atomic E-state index is 5.58. The topological polar surface area (TPSA) is 21.7 Å². The fraction of sp³-hybridized carbons (Fsp3) is 0.412. The number of likely N-dealkylation sites (tertiary alicyclic amines) is 1. The van der Waals surface area contributed by atoms with E-state index in [4.69, 9.17) is 9.47 Å².